The summed E-state index contributed by atoms with van der Waals surface area (Å²) in [7, 11) is 0. The molecular weight excluding hydrogens is 599 g/mol. The van der Waals surface area contributed by atoms with Crippen molar-refractivity contribution in [2.24, 2.45) is 11.8 Å². The van der Waals surface area contributed by atoms with E-state index in [4.69, 9.17) is 34.8 Å². The number of benzene rings is 3. The minimum Gasteiger partial charge on any atom is -0.326 e. The minimum atomic E-state index is -1.23. The van der Waals surface area contributed by atoms with Crippen LogP contribution in [0.5, 0.6) is 0 Å². The molecule has 2 bridgehead atoms. The lowest BCUT2D eigenvalue weighted by Crippen LogP contribution is -2.57. The van der Waals surface area contributed by atoms with Crippen LogP contribution in [0.15, 0.2) is 65.1 Å². The molecule has 0 spiro atoms. The van der Waals surface area contributed by atoms with Crippen LogP contribution in [0.2, 0.25) is 5.02 Å². The van der Waals surface area contributed by atoms with Crippen LogP contribution in [-0.2, 0) is 24.1 Å². The topological polar surface area (TPSA) is 66.5 Å². The van der Waals surface area contributed by atoms with Gasteiger partial charge >= 0.3 is 0 Å². The summed E-state index contributed by atoms with van der Waals surface area (Å²) in [5.74, 6) is -2.91. The average Bonchev–Trinajstić information content (AvgIpc) is 3.15. The predicted molar refractivity (Wildman–Crippen MR) is 147 cm³/mol. The van der Waals surface area contributed by atoms with Crippen molar-refractivity contribution in [2.45, 2.75) is 23.1 Å². The van der Waals surface area contributed by atoms with E-state index >= 15 is 0 Å². The van der Waals surface area contributed by atoms with Gasteiger partial charge in [0.2, 0.25) is 17.7 Å². The van der Waals surface area contributed by atoms with E-state index in [2.05, 4.69) is 21.2 Å². The van der Waals surface area contributed by atoms with Gasteiger partial charge in [0.25, 0.3) is 0 Å². The number of rotatable bonds is 4. The van der Waals surface area contributed by atoms with E-state index in [1.807, 2.05) is 55.5 Å². The number of anilines is 1. The summed E-state index contributed by atoms with van der Waals surface area (Å²) >= 11 is 24.4. The molecule has 4 aliphatic rings. The van der Waals surface area contributed by atoms with Gasteiger partial charge in [0.15, 0.2) is 0 Å². The lowest BCUT2D eigenvalue weighted by Gasteiger charge is -2.54. The number of likely N-dealkylation sites (tertiary alicyclic amines) is 1. The van der Waals surface area contributed by atoms with Gasteiger partial charge in [-0.1, -0.05) is 60.1 Å². The van der Waals surface area contributed by atoms with Gasteiger partial charge in [-0.3, -0.25) is 19.3 Å². The normalized spacial score (nSPS) is 27.1. The van der Waals surface area contributed by atoms with Crippen LogP contribution in [0.3, 0.4) is 0 Å². The van der Waals surface area contributed by atoms with Crippen molar-refractivity contribution < 1.29 is 14.4 Å². The number of imide groups is 1. The zero-order valence-electron chi connectivity index (χ0n) is 19.5. The maximum atomic E-state index is 13.8. The Morgan fingerprint density at radius 1 is 0.919 bits per heavy atom. The number of hydrogen-bond donors (Lipinski definition) is 1. The lowest BCUT2D eigenvalue weighted by molar-refractivity contribution is -0.140. The highest BCUT2D eigenvalue weighted by Gasteiger charge is 2.72. The van der Waals surface area contributed by atoms with Gasteiger partial charge in [-0.15, -0.1) is 23.2 Å². The molecule has 1 N–H and O–H groups in total. The fraction of sp³-hybridized carbons (Fsp3) is 0.250. The van der Waals surface area contributed by atoms with Crippen LogP contribution in [0.1, 0.15) is 34.2 Å². The first-order valence-electron chi connectivity index (χ1n) is 11.8. The molecule has 1 fully saturated rings. The summed E-state index contributed by atoms with van der Waals surface area (Å²) in [6.45, 7) is 1.77. The molecular formula is C28H20BrCl3N2O3. The first-order valence-corrected chi connectivity index (χ1v) is 13.7. The molecule has 3 amide bonds. The van der Waals surface area contributed by atoms with Gasteiger partial charge in [-0.2, -0.15) is 0 Å². The van der Waals surface area contributed by atoms with Gasteiger partial charge < -0.3 is 5.32 Å². The van der Waals surface area contributed by atoms with E-state index in [1.54, 1.807) is 12.1 Å². The number of nitrogens with one attached hydrogen (secondary N) is 1. The molecule has 3 aliphatic carbocycles. The summed E-state index contributed by atoms with van der Waals surface area (Å²) < 4.78 is 0.724. The maximum absolute atomic E-state index is 13.8. The van der Waals surface area contributed by atoms with Crippen LogP contribution in [0.4, 0.5) is 5.69 Å². The smallest absolute Gasteiger partial charge is 0.235 e. The number of alkyl halides is 2. The number of carbonyl (C=O) groups is 3. The second-order valence-electron chi connectivity index (χ2n) is 9.68. The van der Waals surface area contributed by atoms with Gasteiger partial charge in [-0.25, -0.2) is 0 Å². The highest BCUT2D eigenvalue weighted by Crippen LogP contribution is 2.69. The number of nitrogens with zero attached hydrogens (tertiary/aromatic N) is 1. The van der Waals surface area contributed by atoms with Crippen LogP contribution in [0.25, 0.3) is 0 Å². The van der Waals surface area contributed by atoms with Crippen LogP contribution in [-0.4, -0.2) is 29.2 Å². The standard InChI is InChI=1S/C28H20BrCl3N2O3/c1-14-12-19(29)20(30)13-21(14)33-22(35)10-11-34-25(36)23-24(26(34)37)28(32)16-7-3-2-6-15(16)27(23,31)17-8-4-5-9-18(17)28/h2-9,12-13,23-24H,10-11H2,1H3,(H,33,35)/t23-,24+,27?,28?. The van der Waals surface area contributed by atoms with E-state index in [0.717, 1.165) is 37.2 Å². The first kappa shape index (κ1) is 24.9. The van der Waals surface area contributed by atoms with Gasteiger partial charge in [0, 0.05) is 23.1 Å². The van der Waals surface area contributed by atoms with Crippen molar-refractivity contribution in [2.75, 3.05) is 11.9 Å². The van der Waals surface area contributed by atoms with Crippen LogP contribution >= 0.6 is 50.7 Å². The van der Waals surface area contributed by atoms with E-state index in [1.165, 1.54) is 0 Å². The molecule has 1 saturated heterocycles. The molecule has 5 nitrogen and oxygen atoms in total. The zero-order chi connectivity index (χ0) is 26.3. The van der Waals surface area contributed by atoms with Gasteiger partial charge in [0.1, 0.15) is 9.75 Å². The summed E-state index contributed by atoms with van der Waals surface area (Å²) in [6, 6.07) is 18.4. The molecule has 0 saturated carbocycles. The summed E-state index contributed by atoms with van der Waals surface area (Å²) in [6.07, 6.45) is -0.0749. The molecule has 0 unspecified atom stereocenters. The predicted octanol–water partition coefficient (Wildman–Crippen LogP) is 6.33. The van der Waals surface area contributed by atoms with Crippen LogP contribution in [0, 0.1) is 18.8 Å². The fourth-order valence-corrected chi connectivity index (χ4v) is 7.87. The summed E-state index contributed by atoms with van der Waals surface area (Å²) in [4.78, 5) is 39.1. The third kappa shape index (κ3) is 3.32. The quantitative estimate of drug-likeness (QED) is 0.275. The molecule has 7 rings (SSSR count). The number of amides is 3. The van der Waals surface area contributed by atoms with E-state index in [9.17, 15) is 14.4 Å². The molecule has 3 aromatic carbocycles. The molecule has 1 aliphatic heterocycles. The van der Waals surface area contributed by atoms with Gasteiger partial charge in [0.05, 0.1) is 16.9 Å². The van der Waals surface area contributed by atoms with E-state index < -0.39 is 33.4 Å². The Labute approximate surface area is 237 Å². The highest BCUT2D eigenvalue weighted by atomic mass is 79.9. The second-order valence-corrected chi connectivity index (χ2v) is 12.1. The molecule has 9 heteroatoms. The lowest BCUT2D eigenvalue weighted by atomic mass is 9.54. The number of aryl methyl sites for hydroxylation is 1. The molecule has 188 valence electrons. The fourth-order valence-electron chi connectivity index (χ4n) is 6.15. The molecule has 1 heterocycles. The molecule has 2 atom stereocenters. The monoisotopic (exact) mass is 616 g/mol. The Bertz CT molecular complexity index is 1400. The zero-order valence-corrected chi connectivity index (χ0v) is 23.4. The first-order chi connectivity index (χ1) is 17.6. The Hall–Kier alpha value is -2.38. The molecule has 3 aromatic rings. The molecule has 37 heavy (non-hydrogen) atoms. The highest BCUT2D eigenvalue weighted by molar-refractivity contribution is 9.10. The van der Waals surface area contributed by atoms with Crippen molar-refractivity contribution in [3.8, 4) is 0 Å². The number of hydrogen-bond acceptors (Lipinski definition) is 3. The second kappa shape index (κ2) is 8.57. The SMILES string of the molecule is Cc1cc(Br)c(Cl)cc1NC(=O)CCN1C(=O)[C@@H]2[C@H](C1=O)C1(Cl)c3ccccc3C2(Cl)c2ccccc21. The van der Waals surface area contributed by atoms with Crippen molar-refractivity contribution in [3.63, 3.8) is 0 Å². The molecule has 0 radical (unpaired) electrons. The summed E-state index contributed by atoms with van der Waals surface area (Å²) in [5.41, 5.74) is 4.37. The van der Waals surface area contributed by atoms with Crippen molar-refractivity contribution in [3.05, 3.63) is 98.0 Å². The van der Waals surface area contributed by atoms with Crippen molar-refractivity contribution in [1.82, 2.24) is 4.90 Å². The Balaban J connectivity index is 1.32. The number of carbonyl (C=O) groups excluding carboxylic acids is 3. The Kier molecular flexibility index (Phi) is 5.77. The Morgan fingerprint density at radius 3 is 1.84 bits per heavy atom. The van der Waals surface area contributed by atoms with Crippen LogP contribution < -0.4 is 5.32 Å². The number of halogens is 4. The van der Waals surface area contributed by atoms with E-state index in [0.29, 0.717) is 10.7 Å². The third-order valence-corrected chi connectivity index (χ3v) is 10.3. The Morgan fingerprint density at radius 2 is 1.38 bits per heavy atom. The van der Waals surface area contributed by atoms with Gasteiger partial charge in [-0.05, 0) is 62.8 Å². The molecule has 0 aromatic heterocycles. The van der Waals surface area contributed by atoms with Crippen molar-refractivity contribution >= 4 is 74.1 Å². The summed E-state index contributed by atoms with van der Waals surface area (Å²) in [5, 5.41) is 3.28. The maximum Gasteiger partial charge on any atom is 0.235 e. The average molecular weight is 619 g/mol. The third-order valence-electron chi connectivity index (χ3n) is 7.78. The minimum absolute atomic E-state index is 0.0749. The van der Waals surface area contributed by atoms with E-state index in [-0.39, 0.29) is 18.9 Å². The van der Waals surface area contributed by atoms with Crippen molar-refractivity contribution in [1.29, 1.82) is 0 Å². The largest absolute Gasteiger partial charge is 0.326 e.